The van der Waals surface area contributed by atoms with Crippen molar-refractivity contribution in [2.24, 2.45) is 17.6 Å². The molecule has 3 nitrogen and oxygen atoms in total. The van der Waals surface area contributed by atoms with Crippen LogP contribution in [0.25, 0.3) is 0 Å². The Morgan fingerprint density at radius 3 is 2.46 bits per heavy atom. The van der Waals surface area contributed by atoms with Gasteiger partial charge in [-0.05, 0) is 18.8 Å². The smallest absolute Gasteiger partial charge is 0.226 e. The van der Waals surface area contributed by atoms with E-state index in [1.165, 1.54) is 6.42 Å². The van der Waals surface area contributed by atoms with Crippen molar-refractivity contribution in [3.63, 3.8) is 0 Å². The van der Waals surface area contributed by atoms with E-state index in [0.717, 1.165) is 12.8 Å². The Kier molecular flexibility index (Phi) is 3.31. The molecule has 0 spiro atoms. The predicted octanol–water partition coefficient (Wildman–Crippen LogP) is 0.838. The summed E-state index contributed by atoms with van der Waals surface area (Å²) in [6.45, 7) is 2.13. The third kappa shape index (κ3) is 2.21. The molecule has 3 atom stereocenters. The van der Waals surface area contributed by atoms with Crippen LogP contribution in [0.3, 0.4) is 0 Å². The standard InChI is InChI=1S/C10H20N2O/c1-7-5-4-6-8(11)9(7)10(13)12(2)3/h7-9H,4-6,11H2,1-3H3. The van der Waals surface area contributed by atoms with Gasteiger partial charge in [0, 0.05) is 20.1 Å². The van der Waals surface area contributed by atoms with Gasteiger partial charge in [0.2, 0.25) is 5.91 Å². The molecular weight excluding hydrogens is 164 g/mol. The van der Waals surface area contributed by atoms with E-state index in [2.05, 4.69) is 6.92 Å². The highest BCUT2D eigenvalue weighted by molar-refractivity contribution is 5.79. The summed E-state index contributed by atoms with van der Waals surface area (Å²) < 4.78 is 0. The minimum Gasteiger partial charge on any atom is -0.349 e. The van der Waals surface area contributed by atoms with Gasteiger partial charge in [-0.15, -0.1) is 0 Å². The SMILES string of the molecule is CC1CCCC(N)C1C(=O)N(C)C. The highest BCUT2D eigenvalue weighted by atomic mass is 16.2. The largest absolute Gasteiger partial charge is 0.349 e. The number of hydrogen-bond acceptors (Lipinski definition) is 2. The summed E-state index contributed by atoms with van der Waals surface area (Å²) in [5, 5.41) is 0. The number of hydrogen-bond donors (Lipinski definition) is 1. The molecule has 1 rings (SSSR count). The zero-order valence-corrected chi connectivity index (χ0v) is 8.79. The summed E-state index contributed by atoms with van der Waals surface area (Å²) in [4.78, 5) is 13.4. The fourth-order valence-electron chi connectivity index (χ4n) is 2.18. The molecule has 3 unspecified atom stereocenters. The Labute approximate surface area is 80.3 Å². The second-order valence-corrected chi connectivity index (χ2v) is 4.33. The number of carbonyl (C=O) groups is 1. The normalized spacial score (nSPS) is 34.3. The lowest BCUT2D eigenvalue weighted by Crippen LogP contribution is -2.46. The van der Waals surface area contributed by atoms with Gasteiger partial charge in [-0.1, -0.05) is 13.3 Å². The molecule has 2 N–H and O–H groups in total. The lowest BCUT2D eigenvalue weighted by atomic mass is 9.76. The first kappa shape index (κ1) is 10.5. The number of rotatable bonds is 1. The van der Waals surface area contributed by atoms with Gasteiger partial charge in [-0.2, -0.15) is 0 Å². The van der Waals surface area contributed by atoms with Crippen molar-refractivity contribution < 1.29 is 4.79 Å². The number of amides is 1. The summed E-state index contributed by atoms with van der Waals surface area (Å²) >= 11 is 0. The van der Waals surface area contributed by atoms with Gasteiger partial charge >= 0.3 is 0 Å². The van der Waals surface area contributed by atoms with Gasteiger partial charge in [-0.25, -0.2) is 0 Å². The van der Waals surface area contributed by atoms with Crippen molar-refractivity contribution in [2.75, 3.05) is 14.1 Å². The van der Waals surface area contributed by atoms with Gasteiger partial charge < -0.3 is 10.6 Å². The monoisotopic (exact) mass is 184 g/mol. The van der Waals surface area contributed by atoms with Crippen molar-refractivity contribution in [1.82, 2.24) is 4.90 Å². The maximum atomic E-state index is 11.8. The van der Waals surface area contributed by atoms with Gasteiger partial charge in [0.05, 0.1) is 5.92 Å². The molecule has 1 aliphatic carbocycles. The second kappa shape index (κ2) is 4.09. The van der Waals surface area contributed by atoms with E-state index in [4.69, 9.17) is 5.73 Å². The summed E-state index contributed by atoms with van der Waals surface area (Å²) in [6.07, 6.45) is 3.30. The molecule has 0 bridgehead atoms. The van der Waals surface area contributed by atoms with Crippen molar-refractivity contribution >= 4 is 5.91 Å². The summed E-state index contributed by atoms with van der Waals surface area (Å²) in [5.41, 5.74) is 5.96. The van der Waals surface area contributed by atoms with Crippen molar-refractivity contribution in [3.8, 4) is 0 Å². The van der Waals surface area contributed by atoms with Crippen LogP contribution in [0.4, 0.5) is 0 Å². The molecule has 0 aromatic carbocycles. The van der Waals surface area contributed by atoms with Crippen LogP contribution >= 0.6 is 0 Å². The molecule has 0 saturated heterocycles. The molecular formula is C10H20N2O. The molecule has 76 valence electrons. The van der Waals surface area contributed by atoms with Gasteiger partial charge in [0.15, 0.2) is 0 Å². The number of carbonyl (C=O) groups excluding carboxylic acids is 1. The van der Waals surface area contributed by atoms with Crippen LogP contribution in [-0.4, -0.2) is 30.9 Å². The molecule has 1 amide bonds. The van der Waals surface area contributed by atoms with Crippen molar-refractivity contribution in [3.05, 3.63) is 0 Å². The third-order valence-electron chi connectivity index (χ3n) is 3.00. The molecule has 0 aromatic heterocycles. The third-order valence-corrected chi connectivity index (χ3v) is 3.00. The van der Waals surface area contributed by atoms with Gasteiger partial charge in [0.1, 0.15) is 0 Å². The number of nitrogens with zero attached hydrogens (tertiary/aromatic N) is 1. The Balaban J connectivity index is 2.68. The van der Waals surface area contributed by atoms with E-state index in [9.17, 15) is 4.79 Å². The summed E-state index contributed by atoms with van der Waals surface area (Å²) in [5.74, 6) is 0.682. The molecule has 0 aliphatic heterocycles. The molecule has 3 heteroatoms. The Morgan fingerprint density at radius 2 is 2.00 bits per heavy atom. The van der Waals surface area contributed by atoms with E-state index in [1.807, 2.05) is 0 Å². The Hall–Kier alpha value is -0.570. The minimum atomic E-state index is 0.0451. The highest BCUT2D eigenvalue weighted by Crippen LogP contribution is 2.29. The summed E-state index contributed by atoms with van der Waals surface area (Å²) in [6, 6.07) is 0.0682. The molecule has 0 heterocycles. The molecule has 1 fully saturated rings. The van der Waals surface area contributed by atoms with Gasteiger partial charge in [-0.3, -0.25) is 4.79 Å². The fraction of sp³-hybridized carbons (Fsp3) is 0.900. The maximum absolute atomic E-state index is 11.8. The Bertz CT molecular complexity index is 181. The average molecular weight is 184 g/mol. The Morgan fingerprint density at radius 1 is 1.38 bits per heavy atom. The minimum absolute atomic E-state index is 0.0451. The number of nitrogens with two attached hydrogens (primary N) is 1. The first-order chi connectivity index (χ1) is 6.04. The lowest BCUT2D eigenvalue weighted by Gasteiger charge is -2.34. The highest BCUT2D eigenvalue weighted by Gasteiger charge is 2.34. The zero-order valence-electron chi connectivity index (χ0n) is 8.79. The fourth-order valence-corrected chi connectivity index (χ4v) is 2.18. The second-order valence-electron chi connectivity index (χ2n) is 4.33. The van der Waals surface area contributed by atoms with E-state index in [0.29, 0.717) is 5.92 Å². The van der Waals surface area contributed by atoms with E-state index < -0.39 is 0 Å². The summed E-state index contributed by atoms with van der Waals surface area (Å²) in [7, 11) is 3.60. The molecule has 0 radical (unpaired) electrons. The van der Waals surface area contributed by atoms with E-state index in [1.54, 1.807) is 19.0 Å². The van der Waals surface area contributed by atoms with E-state index in [-0.39, 0.29) is 17.9 Å². The van der Waals surface area contributed by atoms with E-state index >= 15 is 0 Å². The van der Waals surface area contributed by atoms with Crippen LogP contribution in [0, 0.1) is 11.8 Å². The van der Waals surface area contributed by atoms with Crippen molar-refractivity contribution in [2.45, 2.75) is 32.2 Å². The maximum Gasteiger partial charge on any atom is 0.226 e. The molecule has 13 heavy (non-hydrogen) atoms. The van der Waals surface area contributed by atoms with Crippen LogP contribution < -0.4 is 5.73 Å². The van der Waals surface area contributed by atoms with Crippen molar-refractivity contribution in [1.29, 1.82) is 0 Å². The van der Waals surface area contributed by atoms with Crippen LogP contribution in [0.15, 0.2) is 0 Å². The zero-order chi connectivity index (χ0) is 10.0. The first-order valence-corrected chi connectivity index (χ1v) is 5.00. The first-order valence-electron chi connectivity index (χ1n) is 5.00. The van der Waals surface area contributed by atoms with Crippen LogP contribution in [0.1, 0.15) is 26.2 Å². The van der Waals surface area contributed by atoms with Crippen LogP contribution in [0.5, 0.6) is 0 Å². The predicted molar refractivity (Wildman–Crippen MR) is 53.2 cm³/mol. The van der Waals surface area contributed by atoms with Crippen LogP contribution in [-0.2, 0) is 4.79 Å². The van der Waals surface area contributed by atoms with Gasteiger partial charge in [0.25, 0.3) is 0 Å². The molecule has 1 saturated carbocycles. The topological polar surface area (TPSA) is 46.3 Å². The molecule has 0 aromatic rings. The quantitative estimate of drug-likeness (QED) is 0.656. The molecule has 1 aliphatic rings. The lowest BCUT2D eigenvalue weighted by molar-refractivity contribution is -0.136. The average Bonchev–Trinajstić information content (AvgIpc) is 2.03. The van der Waals surface area contributed by atoms with Crippen LogP contribution in [0.2, 0.25) is 0 Å².